The lowest BCUT2D eigenvalue weighted by atomic mass is 9.80. The molecule has 34 heavy (non-hydrogen) atoms. The van der Waals surface area contributed by atoms with Gasteiger partial charge in [-0.3, -0.25) is 9.67 Å². The Morgan fingerprint density at radius 3 is 2.74 bits per heavy atom. The predicted octanol–water partition coefficient (Wildman–Crippen LogP) is 4.86. The number of fused-ring (bicyclic) bond motifs is 1. The second-order valence-corrected chi connectivity index (χ2v) is 10.2. The molecule has 2 aliphatic rings. The van der Waals surface area contributed by atoms with Crippen LogP contribution in [0.1, 0.15) is 51.1 Å². The summed E-state index contributed by atoms with van der Waals surface area (Å²) in [6, 6.07) is 8.54. The van der Waals surface area contributed by atoms with Crippen LogP contribution in [0.4, 0.5) is 4.79 Å². The number of aromatic nitrogens is 4. The average Bonchev–Trinajstić information content (AvgIpc) is 3.19. The van der Waals surface area contributed by atoms with Crippen molar-refractivity contribution in [1.29, 1.82) is 5.26 Å². The minimum atomic E-state index is -0.486. The molecule has 0 spiro atoms. The third-order valence-corrected chi connectivity index (χ3v) is 6.43. The molecule has 2 aromatic heterocycles. The van der Waals surface area contributed by atoms with Gasteiger partial charge >= 0.3 is 6.09 Å². The predicted molar refractivity (Wildman–Crippen MR) is 128 cm³/mol. The van der Waals surface area contributed by atoms with Crippen LogP contribution in [0.15, 0.2) is 48.9 Å². The minimum absolute atomic E-state index is 0.262. The standard InChI is InChI=1S/C26H28N6O2/c1-26(2,3)34-25(33)31-14-20(15-31)18-6-7-22-23(11-18)30-24(13-28-22)19-12-29-32(16-19)21-9-17(10-21)5-4-8-27/h4-7,11-13,16-17,20-21H,9-10,14-15H2,1-3H3. The van der Waals surface area contributed by atoms with Gasteiger partial charge in [-0.2, -0.15) is 10.4 Å². The van der Waals surface area contributed by atoms with Crippen LogP contribution in [0, 0.1) is 17.2 Å². The molecule has 1 saturated carbocycles. The van der Waals surface area contributed by atoms with E-state index in [9.17, 15) is 4.79 Å². The quantitative estimate of drug-likeness (QED) is 0.520. The number of rotatable bonds is 4. The van der Waals surface area contributed by atoms with Gasteiger partial charge < -0.3 is 9.64 Å². The molecule has 1 aliphatic carbocycles. The summed E-state index contributed by atoms with van der Waals surface area (Å²) in [6.45, 7) is 6.92. The summed E-state index contributed by atoms with van der Waals surface area (Å²) in [6.07, 6.45) is 10.9. The zero-order valence-corrected chi connectivity index (χ0v) is 19.7. The lowest BCUT2D eigenvalue weighted by Crippen LogP contribution is -2.50. The second-order valence-electron chi connectivity index (χ2n) is 10.2. The van der Waals surface area contributed by atoms with Gasteiger partial charge in [-0.05, 0) is 57.2 Å². The van der Waals surface area contributed by atoms with E-state index in [4.69, 9.17) is 15.0 Å². The molecule has 1 aliphatic heterocycles. The van der Waals surface area contributed by atoms with E-state index >= 15 is 0 Å². The Kier molecular flexibility index (Phi) is 5.56. The molecule has 5 rings (SSSR count). The van der Waals surface area contributed by atoms with Crippen molar-refractivity contribution >= 4 is 17.1 Å². The maximum absolute atomic E-state index is 12.2. The summed E-state index contributed by atoms with van der Waals surface area (Å²) in [5, 5.41) is 13.2. The van der Waals surface area contributed by atoms with Crippen molar-refractivity contribution in [3.05, 3.63) is 54.5 Å². The topological polar surface area (TPSA) is 96.9 Å². The number of hydrogen-bond donors (Lipinski definition) is 0. The number of nitriles is 1. The molecule has 0 radical (unpaired) electrons. The highest BCUT2D eigenvalue weighted by Crippen LogP contribution is 2.38. The van der Waals surface area contributed by atoms with Crippen molar-refractivity contribution in [3.63, 3.8) is 0 Å². The number of likely N-dealkylation sites (tertiary alicyclic amines) is 1. The van der Waals surface area contributed by atoms with E-state index < -0.39 is 5.60 Å². The highest BCUT2D eigenvalue weighted by atomic mass is 16.6. The molecular formula is C26H28N6O2. The SMILES string of the molecule is CC(C)(C)OC(=O)N1CC(c2ccc3ncc(-c4cnn(C5CC(C=CC#N)C5)c4)nc3c2)C1. The van der Waals surface area contributed by atoms with Gasteiger partial charge in [0.25, 0.3) is 0 Å². The van der Waals surface area contributed by atoms with Crippen molar-refractivity contribution in [3.8, 4) is 17.3 Å². The Bertz CT molecular complexity index is 1290. The Hall–Kier alpha value is -3.73. The molecule has 0 bridgehead atoms. The molecular weight excluding hydrogens is 428 g/mol. The maximum atomic E-state index is 12.2. The molecule has 174 valence electrons. The van der Waals surface area contributed by atoms with E-state index in [0.29, 0.717) is 25.0 Å². The summed E-state index contributed by atoms with van der Waals surface area (Å²) >= 11 is 0. The van der Waals surface area contributed by atoms with Crippen molar-refractivity contribution in [1.82, 2.24) is 24.6 Å². The van der Waals surface area contributed by atoms with Crippen molar-refractivity contribution in [2.75, 3.05) is 13.1 Å². The highest BCUT2D eigenvalue weighted by molar-refractivity contribution is 5.78. The van der Waals surface area contributed by atoms with Crippen LogP contribution in [0.2, 0.25) is 0 Å². The van der Waals surface area contributed by atoms with Crippen LogP contribution >= 0.6 is 0 Å². The molecule has 0 N–H and O–H groups in total. The third kappa shape index (κ3) is 4.51. The van der Waals surface area contributed by atoms with Crippen molar-refractivity contribution < 1.29 is 9.53 Å². The fraction of sp³-hybridized carbons (Fsp3) is 0.423. The van der Waals surface area contributed by atoms with Gasteiger partial charge in [0.15, 0.2) is 0 Å². The van der Waals surface area contributed by atoms with Gasteiger partial charge in [0.2, 0.25) is 0 Å². The summed E-state index contributed by atoms with van der Waals surface area (Å²) in [7, 11) is 0. The van der Waals surface area contributed by atoms with Crippen LogP contribution in [0.5, 0.6) is 0 Å². The van der Waals surface area contributed by atoms with E-state index in [1.807, 2.05) is 50.0 Å². The summed E-state index contributed by atoms with van der Waals surface area (Å²) in [4.78, 5) is 23.4. The van der Waals surface area contributed by atoms with Crippen LogP contribution in [-0.4, -0.2) is 49.4 Å². The number of nitrogens with zero attached hydrogens (tertiary/aromatic N) is 6. The smallest absolute Gasteiger partial charge is 0.410 e. The first-order valence-electron chi connectivity index (χ1n) is 11.6. The van der Waals surface area contributed by atoms with Gasteiger partial charge in [0.05, 0.1) is 41.2 Å². The van der Waals surface area contributed by atoms with Crippen molar-refractivity contribution in [2.24, 2.45) is 5.92 Å². The van der Waals surface area contributed by atoms with Gasteiger partial charge in [-0.15, -0.1) is 0 Å². The van der Waals surface area contributed by atoms with Crippen LogP contribution < -0.4 is 0 Å². The third-order valence-electron chi connectivity index (χ3n) is 6.43. The van der Waals surface area contributed by atoms with E-state index in [0.717, 1.165) is 40.7 Å². The second kappa shape index (κ2) is 8.56. The first kappa shape index (κ1) is 22.1. The zero-order chi connectivity index (χ0) is 23.9. The molecule has 8 nitrogen and oxygen atoms in total. The van der Waals surface area contributed by atoms with Crippen LogP contribution in [0.3, 0.4) is 0 Å². The Morgan fingerprint density at radius 2 is 2.00 bits per heavy atom. The molecule has 8 heteroatoms. The minimum Gasteiger partial charge on any atom is -0.444 e. The molecule has 1 amide bonds. The number of amides is 1. The number of hydrogen-bond acceptors (Lipinski definition) is 6. The summed E-state index contributed by atoms with van der Waals surface area (Å²) in [5.74, 6) is 0.723. The fourth-order valence-electron chi connectivity index (χ4n) is 4.44. The molecule has 0 unspecified atom stereocenters. The molecule has 1 aromatic carbocycles. The fourth-order valence-corrected chi connectivity index (χ4v) is 4.44. The van der Waals surface area contributed by atoms with E-state index in [1.54, 1.807) is 17.2 Å². The zero-order valence-electron chi connectivity index (χ0n) is 19.7. The number of allylic oxidation sites excluding steroid dienone is 2. The highest BCUT2D eigenvalue weighted by Gasteiger charge is 2.34. The van der Waals surface area contributed by atoms with Crippen LogP contribution in [-0.2, 0) is 4.74 Å². The lowest BCUT2D eigenvalue weighted by molar-refractivity contribution is 0.00820. The largest absolute Gasteiger partial charge is 0.444 e. The van der Waals surface area contributed by atoms with Gasteiger partial charge in [-0.25, -0.2) is 9.78 Å². The van der Waals surface area contributed by atoms with E-state index in [-0.39, 0.29) is 12.0 Å². The normalized spacial score (nSPS) is 20.7. The summed E-state index contributed by atoms with van der Waals surface area (Å²) < 4.78 is 7.45. The number of carbonyl (C=O) groups is 1. The van der Waals surface area contributed by atoms with Gasteiger partial charge in [0.1, 0.15) is 5.60 Å². The first-order valence-corrected chi connectivity index (χ1v) is 11.6. The average molecular weight is 457 g/mol. The Balaban J connectivity index is 1.27. The molecule has 3 heterocycles. The van der Waals surface area contributed by atoms with E-state index in [1.165, 1.54) is 0 Å². The Morgan fingerprint density at radius 1 is 1.21 bits per heavy atom. The first-order chi connectivity index (χ1) is 16.3. The molecule has 0 atom stereocenters. The van der Waals surface area contributed by atoms with Crippen molar-refractivity contribution in [2.45, 2.75) is 51.2 Å². The Labute approximate surface area is 198 Å². The molecule has 2 fully saturated rings. The van der Waals surface area contributed by atoms with E-state index in [2.05, 4.69) is 28.3 Å². The van der Waals surface area contributed by atoms with Gasteiger partial charge in [-0.1, -0.05) is 12.1 Å². The lowest BCUT2D eigenvalue weighted by Gasteiger charge is -2.40. The maximum Gasteiger partial charge on any atom is 0.410 e. The van der Waals surface area contributed by atoms with Gasteiger partial charge in [0, 0.05) is 36.8 Å². The van der Waals surface area contributed by atoms with Crippen LogP contribution in [0.25, 0.3) is 22.3 Å². The monoisotopic (exact) mass is 456 g/mol. The number of benzene rings is 1. The molecule has 1 saturated heterocycles. The number of carbonyl (C=O) groups excluding carboxylic acids is 1. The summed E-state index contributed by atoms with van der Waals surface area (Å²) in [5.41, 5.74) is 4.08. The molecule has 3 aromatic rings. The number of ether oxygens (including phenoxy) is 1.